The lowest BCUT2D eigenvalue weighted by Crippen LogP contribution is -2.31. The predicted octanol–water partition coefficient (Wildman–Crippen LogP) is 4.05. The van der Waals surface area contributed by atoms with Gasteiger partial charge in [-0.25, -0.2) is 0 Å². The lowest BCUT2D eigenvalue weighted by atomic mass is 9.92. The first-order chi connectivity index (χ1) is 12.1. The Morgan fingerprint density at radius 1 is 1.24 bits per heavy atom. The van der Waals surface area contributed by atoms with Crippen LogP contribution in [-0.4, -0.2) is 32.1 Å². The number of unbranched alkanes of at least 4 members (excludes halogenated alkanes) is 4. The fourth-order valence-corrected chi connectivity index (χ4v) is 3.43. The molecule has 0 bridgehead atoms. The fraction of sp³-hybridized carbons (Fsp3) is 0.600. The smallest absolute Gasteiger partial charge is 0.306 e. The summed E-state index contributed by atoms with van der Waals surface area (Å²) in [5, 5.41) is 0. The van der Waals surface area contributed by atoms with Crippen LogP contribution in [0.1, 0.15) is 63.9 Å². The zero-order valence-corrected chi connectivity index (χ0v) is 15.5. The van der Waals surface area contributed by atoms with E-state index in [2.05, 4.69) is 6.92 Å². The molecule has 0 radical (unpaired) electrons. The van der Waals surface area contributed by atoms with Gasteiger partial charge in [-0.15, -0.1) is 0 Å². The van der Waals surface area contributed by atoms with Crippen LogP contribution >= 0.6 is 0 Å². The largest absolute Gasteiger partial charge is 0.497 e. The van der Waals surface area contributed by atoms with Crippen molar-refractivity contribution >= 4 is 18.1 Å². The fourth-order valence-electron chi connectivity index (χ4n) is 3.43. The Hall–Kier alpha value is -2.04. The third kappa shape index (κ3) is 4.74. The number of rotatable bonds is 10. The van der Waals surface area contributed by atoms with E-state index >= 15 is 0 Å². The summed E-state index contributed by atoms with van der Waals surface area (Å²) in [6.45, 7) is 4.62. The first-order valence-corrected chi connectivity index (χ1v) is 9.19. The predicted molar refractivity (Wildman–Crippen MR) is 98.1 cm³/mol. The van der Waals surface area contributed by atoms with Gasteiger partial charge < -0.3 is 14.4 Å². The number of hydrogen-bond acceptors (Lipinski definition) is 4. The van der Waals surface area contributed by atoms with Gasteiger partial charge in [0.15, 0.2) is 0 Å². The molecule has 1 amide bonds. The lowest BCUT2D eigenvalue weighted by molar-refractivity contribution is -0.144. The second kappa shape index (κ2) is 9.44. The van der Waals surface area contributed by atoms with Crippen molar-refractivity contribution in [1.29, 1.82) is 0 Å². The minimum atomic E-state index is -0.200. The van der Waals surface area contributed by atoms with Crippen molar-refractivity contribution in [3.63, 3.8) is 0 Å². The second-order valence-electron chi connectivity index (χ2n) is 6.62. The summed E-state index contributed by atoms with van der Waals surface area (Å²) >= 11 is 0. The van der Waals surface area contributed by atoms with Crippen LogP contribution in [0.2, 0.25) is 0 Å². The van der Waals surface area contributed by atoms with Gasteiger partial charge in [-0.05, 0) is 37.1 Å². The zero-order chi connectivity index (χ0) is 18.2. The Balaban J connectivity index is 1.95. The molecule has 2 rings (SSSR count). The number of methoxy groups -OCH3 is 1. The highest BCUT2D eigenvalue weighted by molar-refractivity contribution is 5.83. The molecule has 138 valence electrons. The summed E-state index contributed by atoms with van der Waals surface area (Å²) in [5.74, 6) is 0.463. The number of benzene rings is 1. The summed E-state index contributed by atoms with van der Waals surface area (Å²) < 4.78 is 10.7. The summed E-state index contributed by atoms with van der Waals surface area (Å²) in [7, 11) is 1.61. The monoisotopic (exact) mass is 347 g/mol. The van der Waals surface area contributed by atoms with Crippen LogP contribution in [0.5, 0.6) is 5.75 Å². The van der Waals surface area contributed by atoms with Crippen molar-refractivity contribution in [3.8, 4) is 5.75 Å². The number of ether oxygens (including phenoxy) is 2. The molecule has 1 aliphatic heterocycles. The average Bonchev–Trinajstić information content (AvgIpc) is 2.88. The maximum Gasteiger partial charge on any atom is 0.306 e. The summed E-state index contributed by atoms with van der Waals surface area (Å²) in [6.07, 6.45) is 6.74. The third-order valence-electron chi connectivity index (χ3n) is 4.94. The molecule has 0 N–H and O–H groups in total. The Bertz CT molecular complexity index is 587. The highest BCUT2D eigenvalue weighted by Gasteiger charge is 2.37. The van der Waals surface area contributed by atoms with Gasteiger partial charge in [-0.3, -0.25) is 9.59 Å². The number of fused-ring (bicyclic) bond motifs is 1. The van der Waals surface area contributed by atoms with Crippen molar-refractivity contribution in [2.24, 2.45) is 0 Å². The molecule has 5 heteroatoms. The zero-order valence-electron chi connectivity index (χ0n) is 15.5. The molecule has 1 aromatic carbocycles. The number of anilines is 1. The Morgan fingerprint density at radius 3 is 2.68 bits per heavy atom. The van der Waals surface area contributed by atoms with Gasteiger partial charge in [0.2, 0.25) is 6.41 Å². The molecule has 0 unspecified atom stereocenters. The van der Waals surface area contributed by atoms with Crippen molar-refractivity contribution in [2.75, 3.05) is 18.6 Å². The molecule has 5 nitrogen and oxygen atoms in total. The maximum absolute atomic E-state index is 12.2. The molecule has 0 aliphatic carbocycles. The van der Waals surface area contributed by atoms with E-state index in [-0.39, 0.29) is 24.3 Å². The molecular formula is C20H29NO4. The molecular weight excluding hydrogens is 318 g/mol. The first-order valence-electron chi connectivity index (χ1n) is 9.19. The highest BCUT2D eigenvalue weighted by atomic mass is 16.5. The van der Waals surface area contributed by atoms with Crippen LogP contribution in [-0.2, 0) is 14.3 Å². The molecule has 0 saturated heterocycles. The lowest BCUT2D eigenvalue weighted by Gasteiger charge is -2.20. The van der Waals surface area contributed by atoms with E-state index in [4.69, 9.17) is 9.47 Å². The SMILES string of the molecule is CCCCCCCOC(=O)C[C@@H]1c2cc(OC)ccc2N(C=O)[C@@H]1C. The number of amides is 1. The van der Waals surface area contributed by atoms with Crippen LogP contribution in [0, 0.1) is 0 Å². The minimum absolute atomic E-state index is 0.0668. The van der Waals surface area contributed by atoms with Crippen LogP contribution in [0.4, 0.5) is 5.69 Å². The van der Waals surface area contributed by atoms with Crippen molar-refractivity contribution < 1.29 is 19.1 Å². The van der Waals surface area contributed by atoms with Gasteiger partial charge in [0, 0.05) is 17.6 Å². The molecule has 0 spiro atoms. The van der Waals surface area contributed by atoms with E-state index in [1.807, 2.05) is 25.1 Å². The standard InChI is InChI=1S/C20H29NO4/c1-4-5-6-7-8-11-25-20(23)13-17-15(2)21(14-22)19-10-9-16(24-3)12-18(17)19/h9-10,12,14-15,17H,4-8,11,13H2,1-3H3/t15-,17+/m1/s1. The van der Waals surface area contributed by atoms with Gasteiger partial charge in [0.05, 0.1) is 20.1 Å². The number of carbonyl (C=O) groups excluding carboxylic acids is 2. The molecule has 0 aromatic heterocycles. The molecule has 1 aliphatic rings. The number of esters is 1. The number of carbonyl (C=O) groups is 2. The van der Waals surface area contributed by atoms with Crippen molar-refractivity contribution in [1.82, 2.24) is 0 Å². The van der Waals surface area contributed by atoms with Crippen LogP contribution in [0.15, 0.2) is 18.2 Å². The van der Waals surface area contributed by atoms with E-state index < -0.39 is 0 Å². The van der Waals surface area contributed by atoms with Crippen LogP contribution in [0.3, 0.4) is 0 Å². The summed E-state index contributed by atoms with van der Waals surface area (Å²) in [6, 6.07) is 5.55. The van der Waals surface area contributed by atoms with Crippen LogP contribution < -0.4 is 9.64 Å². The normalized spacial score (nSPS) is 18.8. The van der Waals surface area contributed by atoms with Gasteiger partial charge in [-0.1, -0.05) is 32.6 Å². The molecule has 2 atom stereocenters. The van der Waals surface area contributed by atoms with Gasteiger partial charge in [0.25, 0.3) is 0 Å². The Kier molecular flexibility index (Phi) is 7.29. The number of nitrogens with zero attached hydrogens (tertiary/aromatic N) is 1. The minimum Gasteiger partial charge on any atom is -0.497 e. The highest BCUT2D eigenvalue weighted by Crippen LogP contribution is 2.43. The van der Waals surface area contributed by atoms with E-state index in [1.54, 1.807) is 12.0 Å². The van der Waals surface area contributed by atoms with Crippen molar-refractivity contribution in [3.05, 3.63) is 23.8 Å². The number of hydrogen-bond donors (Lipinski definition) is 0. The molecule has 0 fully saturated rings. The molecule has 1 heterocycles. The van der Waals surface area contributed by atoms with Crippen molar-refractivity contribution in [2.45, 2.75) is 64.3 Å². The Morgan fingerprint density at radius 2 is 2.00 bits per heavy atom. The van der Waals surface area contributed by atoms with E-state index in [0.717, 1.165) is 36.3 Å². The third-order valence-corrected chi connectivity index (χ3v) is 4.94. The maximum atomic E-state index is 12.2. The molecule has 1 aromatic rings. The second-order valence-corrected chi connectivity index (χ2v) is 6.62. The van der Waals surface area contributed by atoms with Gasteiger partial charge in [0.1, 0.15) is 5.75 Å². The van der Waals surface area contributed by atoms with Gasteiger partial charge in [-0.2, -0.15) is 0 Å². The topological polar surface area (TPSA) is 55.8 Å². The Labute approximate surface area is 150 Å². The first kappa shape index (κ1) is 19.3. The van der Waals surface area contributed by atoms with E-state index in [0.29, 0.717) is 6.61 Å². The summed E-state index contributed by atoms with van der Waals surface area (Å²) in [4.78, 5) is 25.4. The van der Waals surface area contributed by atoms with E-state index in [1.165, 1.54) is 19.3 Å². The van der Waals surface area contributed by atoms with E-state index in [9.17, 15) is 9.59 Å². The van der Waals surface area contributed by atoms with Gasteiger partial charge >= 0.3 is 5.97 Å². The molecule has 25 heavy (non-hydrogen) atoms. The van der Waals surface area contributed by atoms with Crippen LogP contribution in [0.25, 0.3) is 0 Å². The average molecular weight is 347 g/mol. The quantitative estimate of drug-likeness (QED) is 0.364. The molecule has 0 saturated carbocycles. The summed E-state index contributed by atoms with van der Waals surface area (Å²) in [5.41, 5.74) is 1.82.